The standard InChI is InChI=1S/C32H33Cl2N3O4S/c1-3-17-35-32(39)30(19-23-9-5-4-6-10-23)37(21-24-13-16-28(33)29(34)18-24)31(38)22-36(2)42(40,41)27-15-14-25-11-7-8-12-26(25)20-27/h4-16,18,20,30H,3,17,19,21-22H2,1-2H3,(H,35,39). The maximum Gasteiger partial charge on any atom is 0.243 e. The Labute approximate surface area is 257 Å². The molecule has 0 aliphatic heterocycles. The number of hydrogen-bond acceptors (Lipinski definition) is 4. The second-order valence-corrected chi connectivity index (χ2v) is 12.9. The van der Waals surface area contributed by atoms with Crippen LogP contribution in [0.2, 0.25) is 10.0 Å². The molecule has 4 aromatic rings. The van der Waals surface area contributed by atoms with Crippen LogP contribution in [0.25, 0.3) is 10.8 Å². The number of carbonyl (C=O) groups is 2. The minimum Gasteiger partial charge on any atom is -0.354 e. The highest BCUT2D eigenvalue weighted by molar-refractivity contribution is 7.89. The van der Waals surface area contributed by atoms with Crippen LogP contribution in [0.15, 0.2) is 95.9 Å². The van der Waals surface area contributed by atoms with Crippen LogP contribution in [0.1, 0.15) is 24.5 Å². The maximum atomic E-state index is 14.0. The fraction of sp³-hybridized carbons (Fsp3) is 0.250. The minimum atomic E-state index is -4.02. The van der Waals surface area contributed by atoms with Gasteiger partial charge in [0.1, 0.15) is 6.04 Å². The zero-order chi connectivity index (χ0) is 30.3. The molecule has 7 nitrogen and oxygen atoms in total. The largest absolute Gasteiger partial charge is 0.354 e. The Bertz CT molecular complexity index is 1670. The van der Waals surface area contributed by atoms with Crippen molar-refractivity contribution >= 4 is 55.8 Å². The lowest BCUT2D eigenvalue weighted by Gasteiger charge is -2.32. The summed E-state index contributed by atoms with van der Waals surface area (Å²) >= 11 is 12.4. The number of benzene rings is 4. The Morgan fingerprint density at radius 3 is 2.21 bits per heavy atom. The molecule has 0 aliphatic carbocycles. The molecule has 0 saturated carbocycles. The second kappa shape index (κ2) is 14.2. The number of sulfonamides is 1. The summed E-state index contributed by atoms with van der Waals surface area (Å²) in [4.78, 5) is 29.0. The van der Waals surface area contributed by atoms with Crippen LogP contribution in [0.4, 0.5) is 0 Å². The van der Waals surface area contributed by atoms with Gasteiger partial charge in [-0.15, -0.1) is 0 Å². The predicted molar refractivity (Wildman–Crippen MR) is 168 cm³/mol. The number of nitrogens with zero attached hydrogens (tertiary/aromatic N) is 2. The lowest BCUT2D eigenvalue weighted by Crippen LogP contribution is -2.53. The number of halogens is 2. The van der Waals surface area contributed by atoms with Gasteiger partial charge in [-0.25, -0.2) is 8.42 Å². The van der Waals surface area contributed by atoms with Gasteiger partial charge in [0.15, 0.2) is 0 Å². The molecule has 0 aromatic heterocycles. The number of amides is 2. The van der Waals surface area contributed by atoms with Gasteiger partial charge in [-0.05, 0) is 52.6 Å². The van der Waals surface area contributed by atoms with Crippen molar-refractivity contribution < 1.29 is 18.0 Å². The summed E-state index contributed by atoms with van der Waals surface area (Å²) in [5.74, 6) is -0.852. The molecule has 220 valence electrons. The molecule has 10 heteroatoms. The minimum absolute atomic E-state index is 0.0244. The van der Waals surface area contributed by atoms with Gasteiger partial charge in [-0.2, -0.15) is 4.31 Å². The Kier molecular flexibility index (Phi) is 10.6. The quantitative estimate of drug-likeness (QED) is 0.211. The number of nitrogens with one attached hydrogen (secondary N) is 1. The van der Waals surface area contributed by atoms with E-state index in [1.165, 1.54) is 18.0 Å². The first-order valence-corrected chi connectivity index (χ1v) is 15.8. The summed E-state index contributed by atoms with van der Waals surface area (Å²) in [5, 5.41) is 5.26. The van der Waals surface area contributed by atoms with Crippen LogP contribution in [0.5, 0.6) is 0 Å². The second-order valence-electron chi connectivity index (χ2n) is 10.0. The Morgan fingerprint density at radius 2 is 1.52 bits per heavy atom. The third-order valence-electron chi connectivity index (χ3n) is 6.94. The maximum absolute atomic E-state index is 14.0. The van der Waals surface area contributed by atoms with Crippen molar-refractivity contribution in [2.45, 2.75) is 37.2 Å². The van der Waals surface area contributed by atoms with E-state index in [4.69, 9.17) is 23.2 Å². The fourth-order valence-corrected chi connectivity index (χ4v) is 6.11. The topological polar surface area (TPSA) is 86.8 Å². The van der Waals surface area contributed by atoms with Gasteiger partial charge in [-0.3, -0.25) is 9.59 Å². The summed E-state index contributed by atoms with van der Waals surface area (Å²) in [7, 11) is -2.65. The molecule has 0 heterocycles. The third-order valence-corrected chi connectivity index (χ3v) is 9.48. The summed E-state index contributed by atoms with van der Waals surface area (Å²) < 4.78 is 28.1. The first-order chi connectivity index (χ1) is 20.1. The van der Waals surface area contributed by atoms with Crippen LogP contribution in [0, 0.1) is 0 Å². The summed E-state index contributed by atoms with van der Waals surface area (Å²) in [6.45, 7) is 1.94. The van der Waals surface area contributed by atoms with E-state index in [0.29, 0.717) is 22.2 Å². The van der Waals surface area contributed by atoms with Crippen LogP contribution >= 0.6 is 23.2 Å². The van der Waals surface area contributed by atoms with E-state index in [-0.39, 0.29) is 23.8 Å². The summed E-state index contributed by atoms with van der Waals surface area (Å²) in [6, 6.07) is 25.8. The smallest absolute Gasteiger partial charge is 0.243 e. The van der Waals surface area contributed by atoms with E-state index in [1.807, 2.05) is 61.5 Å². The van der Waals surface area contributed by atoms with Gasteiger partial charge in [0.25, 0.3) is 0 Å². The van der Waals surface area contributed by atoms with Crippen LogP contribution in [-0.2, 0) is 32.6 Å². The molecule has 4 aromatic carbocycles. The molecule has 1 unspecified atom stereocenters. The van der Waals surface area contributed by atoms with E-state index in [1.54, 1.807) is 30.3 Å². The summed E-state index contributed by atoms with van der Waals surface area (Å²) in [5.41, 5.74) is 1.51. The van der Waals surface area contributed by atoms with Crippen molar-refractivity contribution in [3.8, 4) is 0 Å². The van der Waals surface area contributed by atoms with Gasteiger partial charge < -0.3 is 10.2 Å². The molecule has 4 rings (SSSR count). The number of rotatable bonds is 12. The van der Waals surface area contributed by atoms with Gasteiger partial charge >= 0.3 is 0 Å². The van der Waals surface area contributed by atoms with Crippen molar-refractivity contribution in [3.63, 3.8) is 0 Å². The van der Waals surface area contributed by atoms with Gasteiger partial charge in [0.2, 0.25) is 21.8 Å². The predicted octanol–water partition coefficient (Wildman–Crippen LogP) is 5.93. The first kappa shape index (κ1) is 31.5. The van der Waals surface area contributed by atoms with Gasteiger partial charge in [-0.1, -0.05) is 96.9 Å². The molecule has 2 amide bonds. The molecule has 1 N–H and O–H groups in total. The van der Waals surface area contributed by atoms with Gasteiger partial charge in [0, 0.05) is 26.6 Å². The number of carbonyl (C=O) groups excluding carboxylic acids is 2. The molecule has 0 saturated heterocycles. The number of hydrogen-bond donors (Lipinski definition) is 1. The lowest BCUT2D eigenvalue weighted by atomic mass is 10.0. The molecule has 0 spiro atoms. The molecule has 42 heavy (non-hydrogen) atoms. The zero-order valence-corrected chi connectivity index (χ0v) is 25.8. The molecule has 0 aliphatic rings. The Hall–Kier alpha value is -3.43. The van der Waals surface area contributed by atoms with E-state index in [2.05, 4.69) is 5.32 Å². The zero-order valence-electron chi connectivity index (χ0n) is 23.5. The Balaban J connectivity index is 1.67. The fourth-order valence-electron chi connectivity index (χ4n) is 4.63. The highest BCUT2D eigenvalue weighted by Gasteiger charge is 2.33. The van der Waals surface area contributed by atoms with E-state index < -0.39 is 28.5 Å². The number of fused-ring (bicyclic) bond motifs is 1. The van der Waals surface area contributed by atoms with Crippen molar-refractivity contribution in [1.29, 1.82) is 0 Å². The van der Waals surface area contributed by atoms with E-state index in [9.17, 15) is 18.0 Å². The van der Waals surface area contributed by atoms with Crippen LogP contribution in [0.3, 0.4) is 0 Å². The van der Waals surface area contributed by atoms with Crippen molar-refractivity contribution in [2.24, 2.45) is 0 Å². The van der Waals surface area contributed by atoms with E-state index >= 15 is 0 Å². The molecule has 0 bridgehead atoms. The first-order valence-electron chi connectivity index (χ1n) is 13.6. The normalized spacial score (nSPS) is 12.3. The van der Waals surface area contributed by atoms with Crippen LogP contribution in [-0.4, -0.2) is 55.6 Å². The van der Waals surface area contributed by atoms with Gasteiger partial charge in [0.05, 0.1) is 21.5 Å². The molecule has 0 radical (unpaired) electrons. The molecular formula is C32H33Cl2N3O4S. The molecule has 0 fully saturated rings. The average Bonchev–Trinajstić information content (AvgIpc) is 2.99. The van der Waals surface area contributed by atoms with Crippen molar-refractivity contribution in [3.05, 3.63) is 112 Å². The number of likely N-dealkylation sites (N-methyl/N-ethyl adjacent to an activating group) is 1. The average molecular weight is 627 g/mol. The highest BCUT2D eigenvalue weighted by Crippen LogP contribution is 2.25. The van der Waals surface area contributed by atoms with Crippen LogP contribution < -0.4 is 5.32 Å². The highest BCUT2D eigenvalue weighted by atomic mass is 35.5. The molecular weight excluding hydrogens is 593 g/mol. The van der Waals surface area contributed by atoms with Crippen molar-refractivity contribution in [2.75, 3.05) is 20.1 Å². The molecule has 1 atom stereocenters. The SMILES string of the molecule is CCCNC(=O)C(Cc1ccccc1)N(Cc1ccc(Cl)c(Cl)c1)C(=O)CN(C)S(=O)(=O)c1ccc2ccccc2c1. The third kappa shape index (κ3) is 7.69. The monoisotopic (exact) mass is 625 g/mol. The lowest BCUT2D eigenvalue weighted by molar-refractivity contribution is -0.141. The van der Waals surface area contributed by atoms with E-state index in [0.717, 1.165) is 27.1 Å². The van der Waals surface area contributed by atoms with Crippen molar-refractivity contribution in [1.82, 2.24) is 14.5 Å². The summed E-state index contributed by atoms with van der Waals surface area (Å²) in [6.07, 6.45) is 0.960. The Morgan fingerprint density at radius 1 is 0.833 bits per heavy atom.